The first-order valence-corrected chi connectivity index (χ1v) is 3.43. The van der Waals surface area contributed by atoms with E-state index in [2.05, 4.69) is 6.58 Å². The third-order valence-corrected chi connectivity index (χ3v) is 0.915. The molecule has 2 nitrogen and oxygen atoms in total. The van der Waals surface area contributed by atoms with Crippen molar-refractivity contribution in [2.75, 3.05) is 13.2 Å². The van der Waals surface area contributed by atoms with Crippen molar-refractivity contribution in [3.8, 4) is 0 Å². The molecule has 0 spiro atoms. The Bertz CT molecular complexity index is 79.3. The number of hydrogen-bond acceptors (Lipinski definition) is 2. The third kappa shape index (κ3) is 7.50. The fourth-order valence-electron chi connectivity index (χ4n) is 0.502. The van der Waals surface area contributed by atoms with Gasteiger partial charge in [-0.3, -0.25) is 0 Å². The zero-order chi connectivity index (χ0) is 7.82. The van der Waals surface area contributed by atoms with E-state index in [4.69, 9.17) is 9.47 Å². The summed E-state index contributed by atoms with van der Waals surface area (Å²) in [6.07, 6.45) is 3.36. The Morgan fingerprint density at radius 3 is 2.60 bits per heavy atom. The van der Waals surface area contributed by atoms with Crippen LogP contribution in [0.15, 0.2) is 12.8 Å². The van der Waals surface area contributed by atoms with Gasteiger partial charge in [-0.05, 0) is 13.8 Å². The highest BCUT2D eigenvalue weighted by atomic mass is 16.5. The van der Waals surface area contributed by atoms with Crippen LogP contribution >= 0.6 is 0 Å². The average Bonchev–Trinajstić information content (AvgIpc) is 1.87. The summed E-state index contributed by atoms with van der Waals surface area (Å²) in [7, 11) is 0. The molecular formula is C8H15O2. The first-order valence-electron chi connectivity index (χ1n) is 3.43. The standard InChI is InChI=1S/C8H15O2/c1-4-9-6-5-7-10-8(2)3/h4H,1,5-7H2,2-3H3. The maximum atomic E-state index is 5.19. The van der Waals surface area contributed by atoms with Gasteiger partial charge < -0.3 is 9.47 Å². The molecule has 0 heterocycles. The first-order chi connectivity index (χ1) is 4.77. The summed E-state index contributed by atoms with van der Waals surface area (Å²) in [5, 5.41) is 0. The third-order valence-electron chi connectivity index (χ3n) is 0.915. The highest BCUT2D eigenvalue weighted by Gasteiger charge is 1.92. The number of hydrogen-bond donors (Lipinski definition) is 0. The molecular weight excluding hydrogens is 128 g/mol. The Morgan fingerprint density at radius 1 is 1.40 bits per heavy atom. The molecule has 0 unspecified atom stereocenters. The predicted octanol–water partition coefficient (Wildman–Crippen LogP) is 2.12. The molecule has 0 saturated heterocycles. The van der Waals surface area contributed by atoms with Crippen molar-refractivity contribution in [1.82, 2.24) is 0 Å². The zero-order valence-electron chi connectivity index (χ0n) is 6.72. The Labute approximate surface area is 62.8 Å². The van der Waals surface area contributed by atoms with E-state index in [-0.39, 0.29) is 0 Å². The van der Waals surface area contributed by atoms with Gasteiger partial charge in [-0.15, -0.1) is 0 Å². The smallest absolute Gasteiger partial charge is 0.0909 e. The van der Waals surface area contributed by atoms with Gasteiger partial charge in [0.05, 0.1) is 25.6 Å². The van der Waals surface area contributed by atoms with Crippen LogP contribution < -0.4 is 0 Å². The molecule has 0 aromatic carbocycles. The molecule has 0 saturated carbocycles. The molecule has 0 atom stereocenters. The van der Waals surface area contributed by atoms with Crippen LogP contribution in [0, 0.1) is 6.10 Å². The zero-order valence-corrected chi connectivity index (χ0v) is 6.72. The second-order valence-electron chi connectivity index (χ2n) is 2.15. The van der Waals surface area contributed by atoms with Gasteiger partial charge in [0.15, 0.2) is 0 Å². The molecule has 0 aromatic rings. The lowest BCUT2D eigenvalue weighted by molar-refractivity contribution is 0.129. The minimum absolute atomic E-state index is 0.691. The van der Waals surface area contributed by atoms with Crippen LogP contribution in [0.5, 0.6) is 0 Å². The molecule has 0 bridgehead atoms. The molecule has 0 rings (SSSR count). The number of rotatable bonds is 6. The van der Waals surface area contributed by atoms with Gasteiger partial charge in [-0.1, -0.05) is 6.58 Å². The van der Waals surface area contributed by atoms with Crippen LogP contribution in [0.1, 0.15) is 20.3 Å². The van der Waals surface area contributed by atoms with E-state index in [9.17, 15) is 0 Å². The van der Waals surface area contributed by atoms with Gasteiger partial charge in [0.2, 0.25) is 0 Å². The molecule has 0 N–H and O–H groups in total. The largest absolute Gasteiger partial charge is 0.502 e. The maximum absolute atomic E-state index is 5.19. The molecule has 0 amide bonds. The van der Waals surface area contributed by atoms with Crippen LogP contribution in [0.2, 0.25) is 0 Å². The normalized spacial score (nSPS) is 9.90. The van der Waals surface area contributed by atoms with E-state index in [0.717, 1.165) is 19.1 Å². The minimum atomic E-state index is 0.691. The molecule has 0 aliphatic carbocycles. The lowest BCUT2D eigenvalue weighted by Crippen LogP contribution is -1.99. The quantitative estimate of drug-likeness (QED) is 0.419. The van der Waals surface area contributed by atoms with Gasteiger partial charge in [-0.25, -0.2) is 0 Å². The van der Waals surface area contributed by atoms with Crippen molar-refractivity contribution in [2.24, 2.45) is 0 Å². The molecule has 0 aromatic heterocycles. The van der Waals surface area contributed by atoms with Gasteiger partial charge in [0.1, 0.15) is 0 Å². The molecule has 0 aliphatic rings. The van der Waals surface area contributed by atoms with E-state index in [1.54, 1.807) is 0 Å². The van der Waals surface area contributed by atoms with Gasteiger partial charge in [-0.2, -0.15) is 0 Å². The number of ether oxygens (including phenoxy) is 2. The van der Waals surface area contributed by atoms with Gasteiger partial charge in [0.25, 0.3) is 0 Å². The summed E-state index contributed by atoms with van der Waals surface area (Å²) < 4.78 is 10.1. The van der Waals surface area contributed by atoms with Crippen LogP contribution in [0.4, 0.5) is 0 Å². The second kappa shape index (κ2) is 6.62. The first kappa shape index (κ1) is 9.50. The highest BCUT2D eigenvalue weighted by molar-refractivity contribution is 4.59. The lowest BCUT2D eigenvalue weighted by atomic mass is 10.4. The molecule has 1 radical (unpaired) electrons. The minimum Gasteiger partial charge on any atom is -0.502 e. The van der Waals surface area contributed by atoms with E-state index < -0.39 is 0 Å². The molecule has 2 heteroatoms. The monoisotopic (exact) mass is 143 g/mol. The second-order valence-corrected chi connectivity index (χ2v) is 2.15. The van der Waals surface area contributed by atoms with Crippen LogP contribution in [0.3, 0.4) is 0 Å². The van der Waals surface area contributed by atoms with Crippen molar-refractivity contribution in [2.45, 2.75) is 20.3 Å². The van der Waals surface area contributed by atoms with Crippen LogP contribution in [-0.2, 0) is 9.47 Å². The van der Waals surface area contributed by atoms with Crippen molar-refractivity contribution < 1.29 is 9.47 Å². The highest BCUT2D eigenvalue weighted by Crippen LogP contribution is 1.97. The Balaban J connectivity index is 2.83. The van der Waals surface area contributed by atoms with E-state index in [1.807, 2.05) is 13.8 Å². The van der Waals surface area contributed by atoms with Crippen LogP contribution in [-0.4, -0.2) is 13.2 Å². The fourth-order valence-corrected chi connectivity index (χ4v) is 0.502. The van der Waals surface area contributed by atoms with E-state index in [0.29, 0.717) is 6.61 Å². The predicted molar refractivity (Wildman–Crippen MR) is 41.3 cm³/mol. The summed E-state index contributed by atoms with van der Waals surface area (Å²) >= 11 is 0. The van der Waals surface area contributed by atoms with Gasteiger partial charge in [0, 0.05) is 6.42 Å². The fraction of sp³-hybridized carbons (Fsp3) is 0.625. The summed E-state index contributed by atoms with van der Waals surface area (Å²) in [6.45, 7) is 8.73. The molecule has 0 fully saturated rings. The van der Waals surface area contributed by atoms with Crippen LogP contribution in [0.25, 0.3) is 0 Å². The Kier molecular flexibility index (Phi) is 6.29. The van der Waals surface area contributed by atoms with Crippen molar-refractivity contribution in [1.29, 1.82) is 0 Å². The summed E-state index contributed by atoms with van der Waals surface area (Å²) in [6, 6.07) is 0. The average molecular weight is 143 g/mol. The SMILES string of the molecule is C=COCCCO[C](C)C. The maximum Gasteiger partial charge on any atom is 0.0909 e. The van der Waals surface area contributed by atoms with Crippen molar-refractivity contribution in [3.63, 3.8) is 0 Å². The lowest BCUT2D eigenvalue weighted by Gasteiger charge is -2.05. The Morgan fingerprint density at radius 2 is 2.10 bits per heavy atom. The molecule has 0 aliphatic heterocycles. The van der Waals surface area contributed by atoms with Gasteiger partial charge >= 0.3 is 0 Å². The van der Waals surface area contributed by atoms with E-state index in [1.165, 1.54) is 6.26 Å². The summed E-state index contributed by atoms with van der Waals surface area (Å²) in [4.78, 5) is 0. The molecule has 10 heavy (non-hydrogen) atoms. The summed E-state index contributed by atoms with van der Waals surface area (Å²) in [5.41, 5.74) is 0. The van der Waals surface area contributed by atoms with Crippen molar-refractivity contribution in [3.05, 3.63) is 18.9 Å². The van der Waals surface area contributed by atoms with Crippen molar-refractivity contribution >= 4 is 0 Å². The summed E-state index contributed by atoms with van der Waals surface area (Å²) in [5.74, 6) is 0. The van der Waals surface area contributed by atoms with E-state index >= 15 is 0 Å². The molecule has 59 valence electrons. The topological polar surface area (TPSA) is 18.5 Å². The Hall–Kier alpha value is -0.500.